The van der Waals surface area contributed by atoms with Gasteiger partial charge < -0.3 is 20.3 Å². The molecule has 4 nitrogen and oxygen atoms in total. The molecule has 0 aliphatic heterocycles. The molecule has 0 unspecified atom stereocenters. The Morgan fingerprint density at radius 2 is 1.95 bits per heavy atom. The van der Waals surface area contributed by atoms with Gasteiger partial charge in [-0.2, -0.15) is 0 Å². The summed E-state index contributed by atoms with van der Waals surface area (Å²) in [5.41, 5.74) is 4.88. The molecule has 1 aromatic rings. The van der Waals surface area contributed by atoms with Gasteiger partial charge in [-0.1, -0.05) is 25.3 Å². The Morgan fingerprint density at radius 1 is 1.25 bits per heavy atom. The maximum absolute atomic E-state index is 10.4. The van der Waals surface area contributed by atoms with E-state index in [0.717, 1.165) is 37.2 Å². The van der Waals surface area contributed by atoms with Crippen LogP contribution in [0.15, 0.2) is 24.3 Å². The lowest BCUT2D eigenvalue weighted by molar-refractivity contribution is -0.0339. The van der Waals surface area contributed by atoms with Crippen molar-refractivity contribution in [3.8, 4) is 11.5 Å². The lowest BCUT2D eigenvalue weighted by atomic mass is 9.85. The zero-order chi connectivity index (χ0) is 14.4. The van der Waals surface area contributed by atoms with Crippen molar-refractivity contribution in [1.29, 1.82) is 0 Å². The molecule has 1 aliphatic carbocycles. The predicted octanol–water partition coefficient (Wildman–Crippen LogP) is 2.49. The SMILES string of the molecule is C[C@H](CN)Oc1cccc(OCC2(O)CCCCC2)c1. The van der Waals surface area contributed by atoms with E-state index >= 15 is 0 Å². The normalized spacial score (nSPS) is 19.4. The Hall–Kier alpha value is -1.26. The maximum atomic E-state index is 10.4. The van der Waals surface area contributed by atoms with Crippen LogP contribution in [0, 0.1) is 0 Å². The van der Waals surface area contributed by atoms with Gasteiger partial charge in [0.05, 0.1) is 5.60 Å². The molecule has 1 aromatic carbocycles. The van der Waals surface area contributed by atoms with E-state index in [0.29, 0.717) is 13.2 Å². The van der Waals surface area contributed by atoms with Gasteiger partial charge in [-0.05, 0) is 31.9 Å². The van der Waals surface area contributed by atoms with Gasteiger partial charge in [0.1, 0.15) is 24.2 Å². The number of aliphatic hydroxyl groups is 1. The van der Waals surface area contributed by atoms with Crippen LogP contribution in [0.3, 0.4) is 0 Å². The molecule has 1 saturated carbocycles. The Bertz CT molecular complexity index is 416. The number of hydrogen-bond acceptors (Lipinski definition) is 4. The summed E-state index contributed by atoms with van der Waals surface area (Å²) in [6, 6.07) is 7.50. The van der Waals surface area contributed by atoms with E-state index in [9.17, 15) is 5.11 Å². The summed E-state index contributed by atoms with van der Waals surface area (Å²) >= 11 is 0. The molecule has 112 valence electrons. The first-order valence-corrected chi connectivity index (χ1v) is 7.43. The monoisotopic (exact) mass is 279 g/mol. The third-order valence-electron chi connectivity index (χ3n) is 3.77. The van der Waals surface area contributed by atoms with Crippen LogP contribution in [0.2, 0.25) is 0 Å². The van der Waals surface area contributed by atoms with Crippen LogP contribution in [-0.4, -0.2) is 30.0 Å². The van der Waals surface area contributed by atoms with Crippen LogP contribution in [-0.2, 0) is 0 Å². The zero-order valence-electron chi connectivity index (χ0n) is 12.2. The molecule has 0 radical (unpaired) electrons. The van der Waals surface area contributed by atoms with E-state index < -0.39 is 5.60 Å². The third-order valence-corrected chi connectivity index (χ3v) is 3.77. The lowest BCUT2D eigenvalue weighted by Crippen LogP contribution is -2.37. The van der Waals surface area contributed by atoms with Gasteiger partial charge in [0, 0.05) is 12.6 Å². The second-order valence-electron chi connectivity index (χ2n) is 5.71. The van der Waals surface area contributed by atoms with Crippen LogP contribution in [0.1, 0.15) is 39.0 Å². The van der Waals surface area contributed by atoms with E-state index in [1.807, 2.05) is 31.2 Å². The van der Waals surface area contributed by atoms with Crippen molar-refractivity contribution in [3.63, 3.8) is 0 Å². The highest BCUT2D eigenvalue weighted by Crippen LogP contribution is 2.29. The fourth-order valence-electron chi connectivity index (χ4n) is 2.49. The molecule has 2 rings (SSSR count). The minimum atomic E-state index is -0.667. The Morgan fingerprint density at radius 3 is 2.65 bits per heavy atom. The van der Waals surface area contributed by atoms with E-state index in [1.165, 1.54) is 6.42 Å². The van der Waals surface area contributed by atoms with Crippen LogP contribution < -0.4 is 15.2 Å². The first-order chi connectivity index (χ1) is 9.61. The molecule has 20 heavy (non-hydrogen) atoms. The van der Waals surface area contributed by atoms with E-state index in [-0.39, 0.29) is 6.10 Å². The summed E-state index contributed by atoms with van der Waals surface area (Å²) in [6.45, 7) is 2.76. The van der Waals surface area contributed by atoms with Crippen molar-refractivity contribution < 1.29 is 14.6 Å². The first-order valence-electron chi connectivity index (χ1n) is 7.43. The Kier molecular flexibility index (Phi) is 5.26. The number of nitrogens with two attached hydrogens (primary N) is 1. The van der Waals surface area contributed by atoms with Gasteiger partial charge in [-0.15, -0.1) is 0 Å². The first kappa shape index (κ1) is 15.1. The number of ether oxygens (including phenoxy) is 2. The smallest absolute Gasteiger partial charge is 0.123 e. The fourth-order valence-corrected chi connectivity index (χ4v) is 2.49. The quantitative estimate of drug-likeness (QED) is 0.839. The van der Waals surface area contributed by atoms with E-state index in [4.69, 9.17) is 15.2 Å². The van der Waals surface area contributed by atoms with Crippen LogP contribution >= 0.6 is 0 Å². The summed E-state index contributed by atoms with van der Waals surface area (Å²) in [4.78, 5) is 0. The van der Waals surface area contributed by atoms with Crippen LogP contribution in [0.5, 0.6) is 11.5 Å². The second-order valence-corrected chi connectivity index (χ2v) is 5.71. The Labute approximate surface area is 120 Å². The maximum Gasteiger partial charge on any atom is 0.123 e. The molecule has 0 bridgehead atoms. The average molecular weight is 279 g/mol. The lowest BCUT2D eigenvalue weighted by Gasteiger charge is -2.31. The molecule has 1 fully saturated rings. The van der Waals surface area contributed by atoms with Crippen molar-refractivity contribution in [2.24, 2.45) is 5.73 Å². The van der Waals surface area contributed by atoms with Crippen molar-refractivity contribution in [1.82, 2.24) is 0 Å². The summed E-state index contributed by atoms with van der Waals surface area (Å²) in [5, 5.41) is 10.4. The molecule has 0 amide bonds. The fraction of sp³-hybridized carbons (Fsp3) is 0.625. The summed E-state index contributed by atoms with van der Waals surface area (Å²) < 4.78 is 11.4. The van der Waals surface area contributed by atoms with Crippen LogP contribution in [0.4, 0.5) is 0 Å². The van der Waals surface area contributed by atoms with Crippen molar-refractivity contribution in [3.05, 3.63) is 24.3 Å². The molecular formula is C16H25NO3. The summed E-state index contributed by atoms with van der Waals surface area (Å²) in [6.07, 6.45) is 5.00. The van der Waals surface area contributed by atoms with Gasteiger partial charge in [-0.3, -0.25) is 0 Å². The topological polar surface area (TPSA) is 64.7 Å². The molecule has 0 aromatic heterocycles. The average Bonchev–Trinajstić information content (AvgIpc) is 2.46. The molecule has 0 spiro atoms. The third kappa shape index (κ3) is 4.39. The van der Waals surface area contributed by atoms with Gasteiger partial charge in [-0.25, -0.2) is 0 Å². The second kappa shape index (κ2) is 6.95. The van der Waals surface area contributed by atoms with E-state index in [1.54, 1.807) is 0 Å². The van der Waals surface area contributed by atoms with Crippen molar-refractivity contribution in [2.45, 2.75) is 50.7 Å². The Balaban J connectivity index is 1.90. The zero-order valence-corrected chi connectivity index (χ0v) is 12.2. The van der Waals surface area contributed by atoms with Crippen molar-refractivity contribution >= 4 is 0 Å². The number of hydrogen-bond donors (Lipinski definition) is 2. The van der Waals surface area contributed by atoms with Gasteiger partial charge in [0.25, 0.3) is 0 Å². The minimum absolute atomic E-state index is 0.0206. The number of rotatable bonds is 6. The molecule has 1 atom stereocenters. The highest BCUT2D eigenvalue weighted by Gasteiger charge is 2.29. The van der Waals surface area contributed by atoms with Gasteiger partial charge in [0.15, 0.2) is 0 Å². The minimum Gasteiger partial charge on any atom is -0.490 e. The molecule has 4 heteroatoms. The largest absolute Gasteiger partial charge is 0.490 e. The highest BCUT2D eigenvalue weighted by molar-refractivity contribution is 5.33. The summed E-state index contributed by atoms with van der Waals surface area (Å²) in [7, 11) is 0. The molecule has 1 aliphatic rings. The van der Waals surface area contributed by atoms with Crippen molar-refractivity contribution in [2.75, 3.05) is 13.2 Å². The number of benzene rings is 1. The predicted molar refractivity (Wildman–Crippen MR) is 79.1 cm³/mol. The molecule has 0 heterocycles. The molecule has 3 N–H and O–H groups in total. The van der Waals surface area contributed by atoms with E-state index in [2.05, 4.69) is 0 Å². The molecular weight excluding hydrogens is 254 g/mol. The highest BCUT2D eigenvalue weighted by atomic mass is 16.5. The van der Waals surface area contributed by atoms with Crippen LogP contribution in [0.25, 0.3) is 0 Å². The molecule has 0 saturated heterocycles. The summed E-state index contributed by atoms with van der Waals surface area (Å²) in [5.74, 6) is 1.47. The van der Waals surface area contributed by atoms with Gasteiger partial charge in [0.2, 0.25) is 0 Å². The standard InChI is InChI=1S/C16H25NO3/c1-13(11-17)20-15-7-5-6-14(10-15)19-12-16(18)8-3-2-4-9-16/h5-7,10,13,18H,2-4,8-9,11-12,17H2,1H3/t13-/m1/s1. The van der Waals surface area contributed by atoms with Gasteiger partial charge >= 0.3 is 0 Å².